The Kier molecular flexibility index (Phi) is 9.42. The number of amides is 2. The lowest BCUT2D eigenvalue weighted by atomic mass is 9.79. The van der Waals surface area contributed by atoms with Crippen molar-refractivity contribution in [3.05, 3.63) is 54.1 Å². The minimum absolute atomic E-state index is 0.0395. The second kappa shape index (κ2) is 13.0. The molecule has 0 bridgehead atoms. The Morgan fingerprint density at radius 3 is 2.17 bits per heavy atom. The zero-order chi connectivity index (χ0) is 29.7. The average molecular weight is 597 g/mol. The molecule has 2 aromatic rings. The lowest BCUT2D eigenvalue weighted by Gasteiger charge is -2.52. The zero-order valence-electron chi connectivity index (χ0n) is 24.8. The van der Waals surface area contributed by atoms with Crippen molar-refractivity contribution >= 4 is 27.5 Å². The second-order valence-electron chi connectivity index (χ2n) is 12.2. The molecule has 3 aliphatic rings. The fourth-order valence-corrected chi connectivity index (χ4v) is 7.34. The number of ether oxygens (including phenoxy) is 1. The molecule has 1 unspecified atom stereocenters. The molecule has 42 heavy (non-hydrogen) atoms. The number of sulfonamides is 1. The van der Waals surface area contributed by atoms with E-state index in [4.69, 9.17) is 4.74 Å². The van der Waals surface area contributed by atoms with Crippen LogP contribution in [0.2, 0.25) is 0 Å². The number of hydrogen-bond acceptors (Lipinski definition) is 6. The Bertz CT molecular complexity index is 1330. The van der Waals surface area contributed by atoms with Gasteiger partial charge in [-0.2, -0.15) is 0 Å². The van der Waals surface area contributed by atoms with Crippen LogP contribution in [0.25, 0.3) is 0 Å². The fraction of sp³-hybridized carbons (Fsp3) is 0.562. The van der Waals surface area contributed by atoms with E-state index in [0.717, 1.165) is 44.3 Å². The van der Waals surface area contributed by atoms with Crippen LogP contribution >= 0.6 is 0 Å². The molecule has 2 saturated heterocycles. The number of nitrogens with zero attached hydrogens (tertiary/aromatic N) is 2. The van der Waals surface area contributed by atoms with Gasteiger partial charge < -0.3 is 15.0 Å². The fourth-order valence-electron chi connectivity index (χ4n) is 6.78. The monoisotopic (exact) mass is 596 g/mol. The summed E-state index contributed by atoms with van der Waals surface area (Å²) in [6.07, 6.45) is 10.1. The minimum Gasteiger partial charge on any atom is -0.457 e. The largest absolute Gasteiger partial charge is 0.457 e. The lowest BCUT2D eigenvalue weighted by Crippen LogP contribution is -2.73. The van der Waals surface area contributed by atoms with Gasteiger partial charge in [-0.1, -0.05) is 51.2 Å². The van der Waals surface area contributed by atoms with Gasteiger partial charge in [0.05, 0.1) is 6.26 Å². The van der Waals surface area contributed by atoms with E-state index in [1.165, 1.54) is 32.1 Å². The van der Waals surface area contributed by atoms with Crippen LogP contribution in [0.15, 0.2) is 48.5 Å². The van der Waals surface area contributed by atoms with E-state index in [1.54, 1.807) is 24.3 Å². The molecule has 1 spiro atoms. The average Bonchev–Trinajstić information content (AvgIpc) is 2.97. The lowest BCUT2D eigenvalue weighted by molar-refractivity contribution is -0.162. The van der Waals surface area contributed by atoms with Crippen molar-refractivity contribution in [2.75, 3.05) is 30.6 Å². The molecule has 5 rings (SSSR count). The van der Waals surface area contributed by atoms with Crippen molar-refractivity contribution in [3.63, 3.8) is 0 Å². The number of carbonyl (C=O) groups excluding carboxylic acids is 2. The standard InChI is InChI=1S/C32H44N4O5S/c1-3-19-36-30(37)29(22-24-7-5-4-6-8-24)33-31(38)32(36)17-20-35(21-18-32)23-25-9-13-27(14-10-25)41-28-15-11-26(12-16-28)34-42(2,39)40/h9-16,24,29,34H,3-8,17-23H2,1-2H3,(H,33,38). The topological polar surface area (TPSA) is 108 Å². The molecule has 0 aromatic heterocycles. The summed E-state index contributed by atoms with van der Waals surface area (Å²) in [6, 6.07) is 14.3. The summed E-state index contributed by atoms with van der Waals surface area (Å²) < 4.78 is 31.1. The van der Waals surface area contributed by atoms with Crippen LogP contribution in [-0.2, 0) is 26.2 Å². The summed E-state index contributed by atoms with van der Waals surface area (Å²) in [5.41, 5.74) is 0.889. The van der Waals surface area contributed by atoms with Gasteiger partial charge in [-0.25, -0.2) is 8.42 Å². The number of likely N-dealkylation sites (tertiary alicyclic amines) is 1. The molecule has 2 N–H and O–H groups in total. The summed E-state index contributed by atoms with van der Waals surface area (Å²) in [7, 11) is -3.32. The molecule has 10 heteroatoms. The second-order valence-corrected chi connectivity index (χ2v) is 14.0. The van der Waals surface area contributed by atoms with Crippen molar-refractivity contribution in [1.29, 1.82) is 0 Å². The van der Waals surface area contributed by atoms with Gasteiger partial charge in [-0.3, -0.25) is 19.2 Å². The molecular formula is C32H44N4O5S. The number of rotatable bonds is 10. The highest BCUT2D eigenvalue weighted by molar-refractivity contribution is 7.92. The predicted octanol–water partition coefficient (Wildman–Crippen LogP) is 4.89. The molecule has 3 fully saturated rings. The number of hydrogen-bond donors (Lipinski definition) is 2. The maximum atomic E-state index is 13.7. The highest BCUT2D eigenvalue weighted by Crippen LogP contribution is 2.36. The SMILES string of the molecule is CCCN1C(=O)C(CC2CCCCC2)NC(=O)C12CCN(Cc1ccc(Oc3ccc(NS(C)(=O)=O)cc3)cc1)CC2. The number of piperidine rings is 1. The van der Waals surface area contributed by atoms with Crippen molar-refractivity contribution in [2.45, 2.75) is 82.8 Å². The maximum absolute atomic E-state index is 13.7. The number of piperazine rings is 1. The molecule has 1 atom stereocenters. The Morgan fingerprint density at radius 2 is 1.57 bits per heavy atom. The Hall–Kier alpha value is -3.11. The molecule has 1 aliphatic carbocycles. The van der Waals surface area contributed by atoms with E-state index in [-0.39, 0.29) is 17.9 Å². The molecule has 228 valence electrons. The number of anilines is 1. The van der Waals surface area contributed by atoms with Gasteiger partial charge in [0.1, 0.15) is 23.1 Å². The summed E-state index contributed by atoms with van der Waals surface area (Å²) in [6.45, 7) is 4.97. The first-order valence-corrected chi connectivity index (χ1v) is 17.2. The first-order chi connectivity index (χ1) is 20.1. The summed E-state index contributed by atoms with van der Waals surface area (Å²) >= 11 is 0. The number of carbonyl (C=O) groups is 2. The smallest absolute Gasteiger partial charge is 0.246 e. The Balaban J connectivity index is 1.16. The van der Waals surface area contributed by atoms with Crippen LogP contribution in [0.5, 0.6) is 11.5 Å². The van der Waals surface area contributed by atoms with Crippen molar-refractivity contribution in [1.82, 2.24) is 15.1 Å². The summed E-state index contributed by atoms with van der Waals surface area (Å²) in [5.74, 6) is 2.00. The zero-order valence-corrected chi connectivity index (χ0v) is 25.6. The normalized spacial score (nSPS) is 21.8. The van der Waals surface area contributed by atoms with Crippen LogP contribution in [0.4, 0.5) is 5.69 Å². The quantitative estimate of drug-likeness (QED) is 0.404. The van der Waals surface area contributed by atoms with E-state index < -0.39 is 15.6 Å². The maximum Gasteiger partial charge on any atom is 0.246 e. The summed E-state index contributed by atoms with van der Waals surface area (Å²) in [5, 5.41) is 3.17. The van der Waals surface area contributed by atoms with Crippen LogP contribution in [0, 0.1) is 5.92 Å². The third kappa shape index (κ3) is 7.26. The van der Waals surface area contributed by atoms with E-state index in [2.05, 4.69) is 21.9 Å². The molecule has 2 heterocycles. The molecule has 2 aliphatic heterocycles. The molecule has 9 nitrogen and oxygen atoms in total. The highest BCUT2D eigenvalue weighted by atomic mass is 32.2. The molecule has 0 radical (unpaired) electrons. The van der Waals surface area contributed by atoms with E-state index in [1.807, 2.05) is 29.2 Å². The van der Waals surface area contributed by atoms with Crippen LogP contribution < -0.4 is 14.8 Å². The van der Waals surface area contributed by atoms with Crippen molar-refractivity contribution in [2.24, 2.45) is 5.92 Å². The van der Waals surface area contributed by atoms with Gasteiger partial charge in [-0.05, 0) is 73.6 Å². The van der Waals surface area contributed by atoms with E-state index in [9.17, 15) is 18.0 Å². The molecular weight excluding hydrogens is 552 g/mol. The Morgan fingerprint density at radius 1 is 0.952 bits per heavy atom. The highest BCUT2D eigenvalue weighted by Gasteiger charge is 2.53. The van der Waals surface area contributed by atoms with Gasteiger partial charge in [-0.15, -0.1) is 0 Å². The van der Waals surface area contributed by atoms with Crippen molar-refractivity contribution in [3.8, 4) is 11.5 Å². The number of nitrogens with one attached hydrogen (secondary N) is 2. The van der Waals surface area contributed by atoms with Crippen LogP contribution in [-0.4, -0.2) is 67.5 Å². The number of benzene rings is 2. The predicted molar refractivity (Wildman–Crippen MR) is 164 cm³/mol. The van der Waals surface area contributed by atoms with Crippen LogP contribution in [0.1, 0.15) is 70.3 Å². The van der Waals surface area contributed by atoms with Crippen LogP contribution in [0.3, 0.4) is 0 Å². The molecule has 2 amide bonds. The van der Waals surface area contributed by atoms with Crippen molar-refractivity contribution < 1.29 is 22.7 Å². The van der Waals surface area contributed by atoms with Gasteiger partial charge in [0.25, 0.3) is 0 Å². The third-order valence-corrected chi connectivity index (χ3v) is 9.56. The minimum atomic E-state index is -3.32. The van der Waals surface area contributed by atoms with Gasteiger partial charge in [0.2, 0.25) is 21.8 Å². The van der Waals surface area contributed by atoms with Gasteiger partial charge >= 0.3 is 0 Å². The van der Waals surface area contributed by atoms with Gasteiger partial charge in [0.15, 0.2) is 0 Å². The van der Waals surface area contributed by atoms with E-state index in [0.29, 0.717) is 42.5 Å². The summed E-state index contributed by atoms with van der Waals surface area (Å²) in [4.78, 5) is 31.6. The first kappa shape index (κ1) is 30.4. The Labute approximate surface area is 250 Å². The van der Waals surface area contributed by atoms with Gasteiger partial charge in [0, 0.05) is 31.9 Å². The van der Waals surface area contributed by atoms with E-state index >= 15 is 0 Å². The third-order valence-electron chi connectivity index (χ3n) is 8.96. The molecule has 2 aromatic carbocycles. The molecule has 1 saturated carbocycles. The first-order valence-electron chi connectivity index (χ1n) is 15.3.